The Labute approximate surface area is 92.1 Å². The van der Waals surface area contributed by atoms with E-state index in [9.17, 15) is 4.79 Å². The van der Waals surface area contributed by atoms with Crippen molar-refractivity contribution in [2.24, 2.45) is 0 Å². The third kappa shape index (κ3) is 1.68. The minimum absolute atomic E-state index is 0.130. The van der Waals surface area contributed by atoms with Gasteiger partial charge in [0.25, 0.3) is 5.91 Å². The lowest BCUT2D eigenvalue weighted by Crippen LogP contribution is -2.21. The number of hydrogen-bond donors (Lipinski definition) is 0. The summed E-state index contributed by atoms with van der Waals surface area (Å²) < 4.78 is 1.74. The Balaban J connectivity index is 2.57. The van der Waals surface area contributed by atoms with Gasteiger partial charge in [-0.3, -0.25) is 4.79 Å². The molecule has 0 aliphatic carbocycles. The van der Waals surface area contributed by atoms with Crippen LogP contribution in [0.15, 0.2) is 24.5 Å². The molecule has 0 aliphatic rings. The first kappa shape index (κ1) is 9.98. The molecule has 5 heteroatoms. The maximum absolute atomic E-state index is 11.6. The molecule has 0 radical (unpaired) electrons. The molecule has 2 heterocycles. The van der Waals surface area contributed by atoms with E-state index in [2.05, 4.69) is 4.98 Å². The Morgan fingerprint density at radius 2 is 2.27 bits per heavy atom. The van der Waals surface area contributed by atoms with Crippen molar-refractivity contribution < 1.29 is 4.79 Å². The Bertz CT molecular complexity index is 518. The van der Waals surface area contributed by atoms with E-state index >= 15 is 0 Å². The highest BCUT2D eigenvalue weighted by atomic mass is 35.5. The van der Waals surface area contributed by atoms with Gasteiger partial charge in [0.15, 0.2) is 5.65 Å². The molecule has 0 fully saturated rings. The van der Waals surface area contributed by atoms with E-state index in [1.54, 1.807) is 43.0 Å². The molecule has 0 saturated carbocycles. The molecule has 1 amide bonds. The Morgan fingerprint density at radius 1 is 1.53 bits per heavy atom. The Morgan fingerprint density at radius 3 is 2.87 bits per heavy atom. The average molecular weight is 224 g/mol. The summed E-state index contributed by atoms with van der Waals surface area (Å²) in [6, 6.07) is 3.55. The molecule has 4 nitrogen and oxygen atoms in total. The van der Waals surface area contributed by atoms with E-state index in [0.29, 0.717) is 16.4 Å². The lowest BCUT2D eigenvalue weighted by atomic mass is 10.4. The molecule has 0 aromatic carbocycles. The van der Waals surface area contributed by atoms with E-state index in [0.717, 1.165) is 0 Å². The van der Waals surface area contributed by atoms with Gasteiger partial charge in [-0.2, -0.15) is 0 Å². The van der Waals surface area contributed by atoms with Crippen LogP contribution in [0.1, 0.15) is 10.5 Å². The minimum Gasteiger partial charge on any atom is -0.343 e. The lowest BCUT2D eigenvalue weighted by molar-refractivity contribution is 0.0822. The van der Waals surface area contributed by atoms with Gasteiger partial charge in [0.05, 0.1) is 5.02 Å². The van der Waals surface area contributed by atoms with E-state index in [4.69, 9.17) is 11.6 Å². The van der Waals surface area contributed by atoms with Crippen LogP contribution in [-0.4, -0.2) is 34.3 Å². The van der Waals surface area contributed by atoms with Crippen LogP contribution in [0.3, 0.4) is 0 Å². The summed E-state index contributed by atoms with van der Waals surface area (Å²) in [5.74, 6) is -0.130. The standard InChI is InChI=1S/C10H10ClN3O/c1-13(2)10(15)8-6-14-5-3-4-7(11)9(14)12-8/h3-6H,1-2H3. The second kappa shape index (κ2) is 3.55. The predicted octanol–water partition coefficient (Wildman–Crippen LogP) is 1.69. The number of rotatable bonds is 1. The summed E-state index contributed by atoms with van der Waals surface area (Å²) in [5, 5.41) is 0.537. The van der Waals surface area contributed by atoms with Gasteiger partial charge in [-0.1, -0.05) is 11.6 Å². The van der Waals surface area contributed by atoms with Crippen molar-refractivity contribution in [3.8, 4) is 0 Å². The fraction of sp³-hybridized carbons (Fsp3) is 0.200. The van der Waals surface area contributed by atoms with Crippen LogP contribution in [-0.2, 0) is 0 Å². The van der Waals surface area contributed by atoms with Crippen LogP contribution >= 0.6 is 11.6 Å². The third-order valence-corrected chi connectivity index (χ3v) is 2.36. The fourth-order valence-electron chi connectivity index (χ4n) is 1.31. The van der Waals surface area contributed by atoms with Crippen molar-refractivity contribution >= 4 is 23.2 Å². The van der Waals surface area contributed by atoms with E-state index in [1.807, 2.05) is 0 Å². The van der Waals surface area contributed by atoms with Crippen molar-refractivity contribution in [3.05, 3.63) is 35.2 Å². The van der Waals surface area contributed by atoms with Crippen molar-refractivity contribution in [1.29, 1.82) is 0 Å². The SMILES string of the molecule is CN(C)C(=O)c1cn2cccc(Cl)c2n1. The van der Waals surface area contributed by atoms with Crippen LogP contribution in [0.2, 0.25) is 5.02 Å². The summed E-state index contributed by atoms with van der Waals surface area (Å²) >= 11 is 5.95. The lowest BCUT2D eigenvalue weighted by Gasteiger charge is -2.06. The highest BCUT2D eigenvalue weighted by molar-refractivity contribution is 6.33. The van der Waals surface area contributed by atoms with Crippen LogP contribution < -0.4 is 0 Å². The number of nitrogens with zero attached hydrogens (tertiary/aromatic N) is 3. The van der Waals surface area contributed by atoms with Gasteiger partial charge in [-0.15, -0.1) is 0 Å². The monoisotopic (exact) mass is 223 g/mol. The number of hydrogen-bond acceptors (Lipinski definition) is 2. The number of carbonyl (C=O) groups is 1. The summed E-state index contributed by atoms with van der Waals surface area (Å²) in [4.78, 5) is 17.3. The van der Waals surface area contributed by atoms with Gasteiger partial charge in [0.1, 0.15) is 5.69 Å². The Kier molecular flexibility index (Phi) is 2.36. The molecule has 2 aromatic rings. The molecule has 0 spiro atoms. The number of halogens is 1. The van der Waals surface area contributed by atoms with Crippen molar-refractivity contribution in [2.75, 3.05) is 14.1 Å². The molecule has 0 aliphatic heterocycles. The fourth-order valence-corrected chi connectivity index (χ4v) is 1.52. The maximum Gasteiger partial charge on any atom is 0.273 e. The molecule has 2 aromatic heterocycles. The molecule has 0 N–H and O–H groups in total. The number of imidazole rings is 1. The second-order valence-electron chi connectivity index (χ2n) is 3.41. The highest BCUT2D eigenvalue weighted by Gasteiger charge is 2.13. The second-order valence-corrected chi connectivity index (χ2v) is 3.82. The minimum atomic E-state index is -0.130. The first-order valence-electron chi connectivity index (χ1n) is 4.44. The largest absolute Gasteiger partial charge is 0.343 e. The molecule has 0 saturated heterocycles. The quantitative estimate of drug-likeness (QED) is 0.738. The predicted molar refractivity (Wildman–Crippen MR) is 58.2 cm³/mol. The molecule has 0 atom stereocenters. The first-order chi connectivity index (χ1) is 7.09. The zero-order valence-corrected chi connectivity index (χ0v) is 9.19. The molecule has 2 rings (SSSR count). The van der Waals surface area contributed by atoms with Gasteiger partial charge in [-0.25, -0.2) is 4.98 Å². The zero-order valence-electron chi connectivity index (χ0n) is 8.44. The van der Waals surface area contributed by atoms with E-state index in [1.165, 1.54) is 4.90 Å². The molecular weight excluding hydrogens is 214 g/mol. The van der Waals surface area contributed by atoms with Crippen molar-refractivity contribution in [1.82, 2.24) is 14.3 Å². The molecule has 78 valence electrons. The van der Waals surface area contributed by atoms with Crippen LogP contribution in [0.5, 0.6) is 0 Å². The number of pyridine rings is 1. The normalized spacial score (nSPS) is 10.6. The molecule has 0 bridgehead atoms. The number of aromatic nitrogens is 2. The third-order valence-electron chi connectivity index (χ3n) is 2.06. The maximum atomic E-state index is 11.6. The van der Waals surface area contributed by atoms with Gasteiger partial charge < -0.3 is 9.30 Å². The van der Waals surface area contributed by atoms with Crippen LogP contribution in [0, 0.1) is 0 Å². The van der Waals surface area contributed by atoms with Gasteiger partial charge in [-0.05, 0) is 12.1 Å². The number of amides is 1. The Hall–Kier alpha value is -1.55. The van der Waals surface area contributed by atoms with E-state index < -0.39 is 0 Å². The van der Waals surface area contributed by atoms with Gasteiger partial charge in [0.2, 0.25) is 0 Å². The van der Waals surface area contributed by atoms with Crippen molar-refractivity contribution in [3.63, 3.8) is 0 Å². The zero-order chi connectivity index (χ0) is 11.0. The average Bonchev–Trinajstić information content (AvgIpc) is 2.61. The highest BCUT2D eigenvalue weighted by Crippen LogP contribution is 2.16. The first-order valence-corrected chi connectivity index (χ1v) is 4.82. The molecule has 0 unspecified atom stereocenters. The molecule has 15 heavy (non-hydrogen) atoms. The smallest absolute Gasteiger partial charge is 0.273 e. The van der Waals surface area contributed by atoms with Gasteiger partial charge >= 0.3 is 0 Å². The number of fused-ring (bicyclic) bond motifs is 1. The summed E-state index contributed by atoms with van der Waals surface area (Å²) in [7, 11) is 3.38. The van der Waals surface area contributed by atoms with Crippen LogP contribution in [0.25, 0.3) is 5.65 Å². The summed E-state index contributed by atoms with van der Waals surface area (Å²) in [5.41, 5.74) is 0.998. The number of carbonyl (C=O) groups excluding carboxylic acids is 1. The van der Waals surface area contributed by atoms with Crippen molar-refractivity contribution in [2.45, 2.75) is 0 Å². The van der Waals surface area contributed by atoms with Gasteiger partial charge in [0, 0.05) is 26.5 Å². The summed E-state index contributed by atoms with van der Waals surface area (Å²) in [6.45, 7) is 0. The van der Waals surface area contributed by atoms with E-state index in [-0.39, 0.29) is 5.91 Å². The van der Waals surface area contributed by atoms with Crippen LogP contribution in [0.4, 0.5) is 0 Å². The topological polar surface area (TPSA) is 37.6 Å². The summed E-state index contributed by atoms with van der Waals surface area (Å²) in [6.07, 6.45) is 3.48. The molecular formula is C10H10ClN3O.